The third-order valence-electron chi connectivity index (χ3n) is 16.5. The molecule has 0 bridgehead atoms. The van der Waals surface area contributed by atoms with Crippen LogP contribution in [0, 0.1) is 21.4 Å². The van der Waals surface area contributed by atoms with Crippen LogP contribution in [0.15, 0.2) is 114 Å². The second-order valence-electron chi connectivity index (χ2n) is 22.1. The topological polar surface area (TPSA) is 195 Å². The summed E-state index contributed by atoms with van der Waals surface area (Å²) in [5.74, 6) is 0.172. The number of fused-ring (bicyclic) bond motifs is 1. The molecule has 1 spiro atoms. The first kappa shape index (κ1) is 52.1. The average molecular weight is 1040 g/mol. The Morgan fingerprint density at radius 2 is 1.68 bits per heavy atom. The van der Waals surface area contributed by atoms with Crippen molar-refractivity contribution in [2.75, 3.05) is 56.6 Å². The minimum absolute atomic E-state index is 0.0280. The van der Waals surface area contributed by atoms with E-state index in [4.69, 9.17) is 9.47 Å². The zero-order valence-electron chi connectivity index (χ0n) is 43.5. The molecule has 2 aromatic heterocycles. The number of piperidine rings is 1. The molecule has 2 saturated carbocycles. The molecule has 17 heteroatoms. The summed E-state index contributed by atoms with van der Waals surface area (Å²) in [4.78, 5) is 40.6. The van der Waals surface area contributed by atoms with Crippen LogP contribution in [0.1, 0.15) is 117 Å². The van der Waals surface area contributed by atoms with Crippen molar-refractivity contribution in [2.45, 2.75) is 114 Å². The van der Waals surface area contributed by atoms with Gasteiger partial charge < -0.3 is 29.8 Å². The molecule has 2 saturated heterocycles. The number of nitrogens with one attached hydrogen (secondary N) is 3. The number of nitro groups is 1. The Kier molecular flexibility index (Phi) is 15.1. The highest BCUT2D eigenvalue weighted by atomic mass is 32.2. The van der Waals surface area contributed by atoms with E-state index in [0.29, 0.717) is 55.4 Å². The molecule has 10 rings (SSSR count). The number of hydrogen-bond donors (Lipinski definition) is 4. The number of carbonyl (C=O) groups is 1. The predicted molar refractivity (Wildman–Crippen MR) is 291 cm³/mol. The lowest BCUT2D eigenvalue weighted by Crippen LogP contribution is -2.60. The van der Waals surface area contributed by atoms with Crippen LogP contribution in [0.25, 0.3) is 11.0 Å². The molecule has 4 aromatic carbocycles. The number of rotatable bonds is 17. The number of carbonyl (C=O) groups excluding carboxylic acids is 1. The summed E-state index contributed by atoms with van der Waals surface area (Å²) in [6, 6.07) is 31.0. The van der Waals surface area contributed by atoms with Crippen LogP contribution in [0.2, 0.25) is 0 Å². The Bertz CT molecular complexity index is 3120. The lowest BCUT2D eigenvalue weighted by atomic mass is 9.59. The molecule has 396 valence electrons. The molecule has 2 aliphatic carbocycles. The number of amides is 1. The third-order valence-corrected chi connectivity index (χ3v) is 17.8. The van der Waals surface area contributed by atoms with Crippen molar-refractivity contribution >= 4 is 44.0 Å². The third kappa shape index (κ3) is 11.7. The van der Waals surface area contributed by atoms with E-state index in [2.05, 4.69) is 97.1 Å². The van der Waals surface area contributed by atoms with Gasteiger partial charge in [0.25, 0.3) is 21.6 Å². The van der Waals surface area contributed by atoms with Crippen LogP contribution in [0.5, 0.6) is 11.5 Å². The molecule has 4 heterocycles. The van der Waals surface area contributed by atoms with Gasteiger partial charge in [0.1, 0.15) is 22.8 Å². The highest BCUT2D eigenvalue weighted by Gasteiger charge is 2.50. The highest BCUT2D eigenvalue weighted by molar-refractivity contribution is 7.90. The van der Waals surface area contributed by atoms with Gasteiger partial charge in [-0.3, -0.25) is 24.7 Å². The van der Waals surface area contributed by atoms with Crippen LogP contribution in [0.3, 0.4) is 0 Å². The SMILES string of the molecule is COCc1ccc(CN2CCN(C3CC4(CCN(c5ccc(C(=O)NS(=O)(=O)c6ccc(NCC7CCC(C)(O)CC7)c([N+](=O)[O-])c6)c(Oc6cnc7[nH]ccc7c6)c5)CC4)C3)C(c3ccccc3C(C)C)C2)cc1. The van der Waals surface area contributed by atoms with Gasteiger partial charge in [-0.2, -0.15) is 0 Å². The number of aliphatic hydroxyl groups is 1. The zero-order valence-corrected chi connectivity index (χ0v) is 44.3. The van der Waals surface area contributed by atoms with Gasteiger partial charge in [-0.25, -0.2) is 18.1 Å². The van der Waals surface area contributed by atoms with Gasteiger partial charge in [-0.15, -0.1) is 0 Å². The van der Waals surface area contributed by atoms with E-state index in [-0.39, 0.29) is 28.3 Å². The van der Waals surface area contributed by atoms with E-state index in [9.17, 15) is 28.4 Å². The quantitative estimate of drug-likeness (QED) is 0.0498. The number of H-pyrrole nitrogens is 1. The van der Waals surface area contributed by atoms with E-state index in [0.717, 1.165) is 94.9 Å². The molecule has 4 aliphatic rings. The van der Waals surface area contributed by atoms with Gasteiger partial charge in [0.15, 0.2) is 0 Å². The average Bonchev–Trinajstić information content (AvgIpc) is 3.88. The van der Waals surface area contributed by atoms with Gasteiger partial charge in [0.05, 0.1) is 33.8 Å². The first-order valence-electron chi connectivity index (χ1n) is 26.5. The number of aromatic nitrogens is 2. The van der Waals surface area contributed by atoms with Crippen molar-refractivity contribution < 1.29 is 32.7 Å². The number of ether oxygens (including phenoxy) is 2. The van der Waals surface area contributed by atoms with Gasteiger partial charge in [-0.1, -0.05) is 62.4 Å². The molecular formula is C58H70N8O8S. The van der Waals surface area contributed by atoms with Crippen molar-refractivity contribution in [3.63, 3.8) is 0 Å². The minimum atomic E-state index is -4.59. The maximum atomic E-state index is 14.1. The first-order chi connectivity index (χ1) is 36.0. The van der Waals surface area contributed by atoms with Crippen LogP contribution in [0.4, 0.5) is 17.1 Å². The molecule has 2 aliphatic heterocycles. The summed E-state index contributed by atoms with van der Waals surface area (Å²) in [6.07, 6.45) is 10.4. The molecule has 1 atom stereocenters. The molecule has 75 heavy (non-hydrogen) atoms. The Morgan fingerprint density at radius 1 is 0.933 bits per heavy atom. The summed E-state index contributed by atoms with van der Waals surface area (Å²) >= 11 is 0. The smallest absolute Gasteiger partial charge is 0.293 e. The van der Waals surface area contributed by atoms with Crippen molar-refractivity contribution in [1.29, 1.82) is 0 Å². The predicted octanol–water partition coefficient (Wildman–Crippen LogP) is 10.3. The highest BCUT2D eigenvalue weighted by Crippen LogP contribution is 2.53. The standard InChI is InChI=1S/C58H70N8O8S/c1-39(2)48-7-5-6-8-49(48)53-37-63(36-41-9-11-42(12-10-41)38-73-4)27-28-65(53)45-32-58(33-45)22-25-64(26-23-58)44-13-15-50(54(30-44)74-46-29-43-19-24-59-55(43)61-35-46)56(67)62-75(71,72)47-14-16-51(52(31-47)66(69)70)60-34-40-17-20-57(3,68)21-18-40/h5-16,19,24,29-31,35,39-40,45,53,60,68H,17-18,20-23,25-28,32-34,36-38H2,1-4H3,(H,59,61)(H,62,67). The summed E-state index contributed by atoms with van der Waals surface area (Å²) in [7, 11) is -2.86. The number of aromatic amines is 1. The van der Waals surface area contributed by atoms with Crippen LogP contribution >= 0.6 is 0 Å². The second kappa shape index (κ2) is 21.7. The molecular weight excluding hydrogens is 969 g/mol. The van der Waals surface area contributed by atoms with E-state index in [1.807, 2.05) is 19.1 Å². The number of pyridine rings is 1. The minimum Gasteiger partial charge on any atom is -0.455 e. The summed E-state index contributed by atoms with van der Waals surface area (Å²) < 4.78 is 41.6. The van der Waals surface area contributed by atoms with Crippen LogP contribution in [-0.4, -0.2) is 102 Å². The number of nitro benzene ring substituents is 1. The monoisotopic (exact) mass is 1040 g/mol. The zero-order chi connectivity index (χ0) is 52.5. The van der Waals surface area contributed by atoms with Crippen LogP contribution in [-0.2, 0) is 27.9 Å². The van der Waals surface area contributed by atoms with E-state index in [1.54, 1.807) is 37.7 Å². The lowest BCUT2D eigenvalue weighted by Gasteiger charge is -2.58. The Balaban J connectivity index is 0.827. The Morgan fingerprint density at radius 3 is 2.41 bits per heavy atom. The summed E-state index contributed by atoms with van der Waals surface area (Å²) in [5.41, 5.74) is 6.10. The van der Waals surface area contributed by atoms with Gasteiger partial charge >= 0.3 is 0 Å². The molecule has 6 aromatic rings. The Hall–Kier alpha value is -6.37. The van der Waals surface area contributed by atoms with E-state index < -0.39 is 37.0 Å². The maximum absolute atomic E-state index is 14.1. The van der Waals surface area contributed by atoms with Crippen molar-refractivity contribution in [2.24, 2.45) is 11.3 Å². The number of anilines is 2. The molecule has 4 N–H and O–H groups in total. The van der Waals surface area contributed by atoms with Gasteiger partial charge in [-0.05, 0) is 134 Å². The maximum Gasteiger partial charge on any atom is 0.293 e. The number of sulfonamides is 1. The normalized spacial score (nSPS) is 21.5. The Labute approximate surface area is 440 Å². The largest absolute Gasteiger partial charge is 0.455 e. The fourth-order valence-electron chi connectivity index (χ4n) is 12.1. The number of piperazine rings is 1. The van der Waals surface area contributed by atoms with E-state index in [1.165, 1.54) is 34.4 Å². The second-order valence-corrected chi connectivity index (χ2v) is 23.8. The van der Waals surface area contributed by atoms with Crippen LogP contribution < -0.4 is 19.7 Å². The molecule has 1 unspecified atom stereocenters. The fraction of sp³-hybridized carbons (Fsp3) is 0.448. The number of nitrogens with zero attached hydrogens (tertiary/aromatic N) is 5. The summed E-state index contributed by atoms with van der Waals surface area (Å²) in [5, 5.41) is 26.5. The molecule has 4 fully saturated rings. The van der Waals surface area contributed by atoms with Gasteiger partial charge in [0, 0.05) is 94.4 Å². The molecule has 0 radical (unpaired) electrons. The lowest BCUT2D eigenvalue weighted by molar-refractivity contribution is -0.384. The van der Waals surface area contributed by atoms with Crippen molar-refractivity contribution in [3.05, 3.63) is 147 Å². The first-order valence-corrected chi connectivity index (χ1v) is 28.0. The number of benzene rings is 4. The van der Waals surface area contributed by atoms with E-state index >= 15 is 0 Å². The van der Waals surface area contributed by atoms with Crippen molar-refractivity contribution in [3.8, 4) is 11.5 Å². The fourth-order valence-corrected chi connectivity index (χ4v) is 13.1. The molecule has 16 nitrogen and oxygen atoms in total. The number of hydrogen-bond acceptors (Lipinski definition) is 13. The van der Waals surface area contributed by atoms with Gasteiger partial charge in [0.2, 0.25) is 0 Å². The number of methoxy groups -OCH3 is 1. The summed E-state index contributed by atoms with van der Waals surface area (Å²) in [6.45, 7) is 13.0. The van der Waals surface area contributed by atoms with Crippen molar-refractivity contribution in [1.82, 2.24) is 24.5 Å². The molecule has 1 amide bonds.